The molecule has 2 aromatic rings. The third-order valence-corrected chi connectivity index (χ3v) is 7.64. The van der Waals surface area contributed by atoms with Gasteiger partial charge in [0, 0.05) is 12.1 Å². The van der Waals surface area contributed by atoms with Gasteiger partial charge in [-0.15, -0.1) is 0 Å². The van der Waals surface area contributed by atoms with E-state index in [4.69, 9.17) is 0 Å². The van der Waals surface area contributed by atoms with Crippen LogP contribution in [0.5, 0.6) is 0 Å². The lowest BCUT2D eigenvalue weighted by Gasteiger charge is -2.27. The van der Waals surface area contributed by atoms with Gasteiger partial charge in [-0.05, 0) is 68.0 Å². The normalized spacial score (nSPS) is 17.7. The molecular weight excluding hydrogens is 457 g/mol. The Morgan fingerprint density at radius 2 is 1.88 bits per heavy atom. The van der Waals surface area contributed by atoms with Crippen LogP contribution in [0.15, 0.2) is 54.1 Å². The van der Waals surface area contributed by atoms with Gasteiger partial charge >= 0.3 is 0 Å². The average molecular weight is 486 g/mol. The molecule has 0 bridgehead atoms. The summed E-state index contributed by atoms with van der Waals surface area (Å²) in [7, 11) is -3.64. The molecule has 9 heteroatoms. The Hall–Kier alpha value is -3.20. The largest absolute Gasteiger partial charge is 0.371 e. The number of fused-ring (bicyclic) bond motifs is 1. The van der Waals surface area contributed by atoms with Crippen LogP contribution in [0.1, 0.15) is 48.0 Å². The van der Waals surface area contributed by atoms with Crippen molar-refractivity contribution in [2.45, 2.75) is 43.9 Å². The third-order valence-electron chi connectivity index (χ3n) is 6.02. The number of amides is 2. The summed E-state index contributed by atoms with van der Waals surface area (Å²) in [6, 6.07) is 9.14. The molecule has 1 aliphatic carbocycles. The maximum absolute atomic E-state index is 13.1. The second-order valence-electron chi connectivity index (χ2n) is 8.74. The SMILES string of the molecule is O=C(NCCC1=CCCCC1)c1ccc2c(c1)NC(=O)C(CS(=O)(=O)Cc1ccc(F)cc1)N2. The summed E-state index contributed by atoms with van der Waals surface area (Å²) < 4.78 is 38.3. The van der Waals surface area contributed by atoms with Crippen LogP contribution in [0.2, 0.25) is 0 Å². The summed E-state index contributed by atoms with van der Waals surface area (Å²) in [4.78, 5) is 25.1. The average Bonchev–Trinajstić information content (AvgIpc) is 2.81. The Labute approximate surface area is 198 Å². The van der Waals surface area contributed by atoms with E-state index in [9.17, 15) is 22.4 Å². The number of hydrogen-bond acceptors (Lipinski definition) is 5. The zero-order valence-corrected chi connectivity index (χ0v) is 19.6. The van der Waals surface area contributed by atoms with Gasteiger partial charge in [-0.1, -0.05) is 23.8 Å². The number of rotatable bonds is 8. The van der Waals surface area contributed by atoms with Crippen LogP contribution in [0, 0.1) is 5.82 Å². The van der Waals surface area contributed by atoms with Gasteiger partial charge in [-0.2, -0.15) is 0 Å². The number of hydrogen-bond donors (Lipinski definition) is 3. The number of carbonyl (C=O) groups excluding carboxylic acids is 2. The number of nitrogens with one attached hydrogen (secondary N) is 3. The number of carbonyl (C=O) groups is 2. The van der Waals surface area contributed by atoms with Gasteiger partial charge in [0.25, 0.3) is 5.91 Å². The molecule has 0 aromatic heterocycles. The van der Waals surface area contributed by atoms with Crippen LogP contribution in [0.25, 0.3) is 0 Å². The minimum atomic E-state index is -3.64. The van der Waals surface area contributed by atoms with E-state index < -0.39 is 33.4 Å². The monoisotopic (exact) mass is 485 g/mol. The van der Waals surface area contributed by atoms with Crippen molar-refractivity contribution in [2.75, 3.05) is 22.9 Å². The number of sulfone groups is 1. The van der Waals surface area contributed by atoms with Crippen molar-refractivity contribution in [3.63, 3.8) is 0 Å². The lowest BCUT2D eigenvalue weighted by atomic mass is 9.97. The molecule has 7 nitrogen and oxygen atoms in total. The second kappa shape index (κ2) is 10.4. The standard InChI is InChI=1S/C25H28FN3O4S/c26-20-9-6-18(7-10-20)15-34(32,33)16-23-25(31)29-22-14-19(8-11-21(22)28-23)24(30)27-13-12-17-4-2-1-3-5-17/h4,6-11,14,23,28H,1-3,5,12-13,15-16H2,(H,27,30)(H,29,31). The Balaban J connectivity index is 1.35. The molecule has 1 aliphatic heterocycles. The lowest BCUT2D eigenvalue weighted by Crippen LogP contribution is -2.43. The Kier molecular flexibility index (Phi) is 7.31. The first-order chi connectivity index (χ1) is 16.3. The highest BCUT2D eigenvalue weighted by molar-refractivity contribution is 7.90. The summed E-state index contributed by atoms with van der Waals surface area (Å²) in [6.07, 6.45) is 7.72. The molecule has 0 spiro atoms. The van der Waals surface area contributed by atoms with Gasteiger partial charge in [0.1, 0.15) is 11.9 Å². The van der Waals surface area contributed by atoms with E-state index in [1.807, 2.05) is 0 Å². The first kappa shape index (κ1) is 23.9. The predicted molar refractivity (Wildman–Crippen MR) is 130 cm³/mol. The van der Waals surface area contributed by atoms with Crippen LogP contribution < -0.4 is 16.0 Å². The quantitative estimate of drug-likeness (QED) is 0.494. The summed E-state index contributed by atoms with van der Waals surface area (Å²) in [5, 5.41) is 8.58. The molecule has 0 radical (unpaired) electrons. The summed E-state index contributed by atoms with van der Waals surface area (Å²) in [5.41, 5.74) is 3.23. The molecule has 2 aliphatic rings. The molecule has 0 fully saturated rings. The van der Waals surface area contributed by atoms with Crippen molar-refractivity contribution in [1.29, 1.82) is 0 Å². The van der Waals surface area contributed by atoms with Crippen LogP contribution in [0.3, 0.4) is 0 Å². The van der Waals surface area contributed by atoms with E-state index in [2.05, 4.69) is 22.0 Å². The molecule has 3 N–H and O–H groups in total. The smallest absolute Gasteiger partial charge is 0.251 e. The van der Waals surface area contributed by atoms with E-state index in [1.165, 1.54) is 42.7 Å². The van der Waals surface area contributed by atoms with E-state index in [-0.39, 0.29) is 11.7 Å². The second-order valence-corrected chi connectivity index (χ2v) is 10.9. The van der Waals surface area contributed by atoms with Crippen LogP contribution in [-0.2, 0) is 20.4 Å². The van der Waals surface area contributed by atoms with E-state index in [0.29, 0.717) is 29.0 Å². The van der Waals surface area contributed by atoms with Gasteiger partial charge in [0.2, 0.25) is 5.91 Å². The fourth-order valence-electron chi connectivity index (χ4n) is 4.22. The zero-order chi connectivity index (χ0) is 24.1. The molecule has 4 rings (SSSR count). The molecule has 0 saturated heterocycles. The molecule has 0 saturated carbocycles. The predicted octanol–water partition coefficient (Wildman–Crippen LogP) is 3.79. The summed E-state index contributed by atoms with van der Waals surface area (Å²) in [5.74, 6) is -1.86. The first-order valence-electron chi connectivity index (χ1n) is 11.4. The fourth-order valence-corrected chi connectivity index (χ4v) is 5.78. The highest BCUT2D eigenvalue weighted by Crippen LogP contribution is 2.28. The number of allylic oxidation sites excluding steroid dienone is 1. The Morgan fingerprint density at radius 3 is 2.62 bits per heavy atom. The van der Waals surface area contributed by atoms with Gasteiger partial charge in [0.15, 0.2) is 9.84 Å². The molecule has 180 valence electrons. The van der Waals surface area contributed by atoms with Crippen LogP contribution in [-0.4, -0.2) is 38.6 Å². The molecule has 2 amide bonds. The maximum atomic E-state index is 13.1. The minimum Gasteiger partial charge on any atom is -0.371 e. The topological polar surface area (TPSA) is 104 Å². The number of benzene rings is 2. The van der Waals surface area contributed by atoms with Gasteiger partial charge in [-0.25, -0.2) is 12.8 Å². The van der Waals surface area contributed by atoms with E-state index in [1.54, 1.807) is 18.2 Å². The highest BCUT2D eigenvalue weighted by Gasteiger charge is 2.30. The van der Waals surface area contributed by atoms with Gasteiger partial charge < -0.3 is 16.0 Å². The van der Waals surface area contributed by atoms with E-state index in [0.717, 1.165) is 19.3 Å². The third kappa shape index (κ3) is 6.22. The van der Waals surface area contributed by atoms with Crippen molar-refractivity contribution in [1.82, 2.24) is 5.32 Å². The number of anilines is 2. The lowest BCUT2D eigenvalue weighted by molar-refractivity contribution is -0.116. The zero-order valence-electron chi connectivity index (χ0n) is 18.8. The summed E-state index contributed by atoms with van der Waals surface area (Å²) in [6.45, 7) is 0.556. The molecule has 2 aromatic carbocycles. The summed E-state index contributed by atoms with van der Waals surface area (Å²) >= 11 is 0. The molecule has 34 heavy (non-hydrogen) atoms. The fraction of sp³-hybridized carbons (Fsp3) is 0.360. The number of halogens is 1. The molecular formula is C25H28FN3O4S. The Bertz CT molecular complexity index is 1210. The van der Waals surface area contributed by atoms with Crippen LogP contribution >= 0.6 is 0 Å². The molecule has 1 atom stereocenters. The maximum Gasteiger partial charge on any atom is 0.251 e. The van der Waals surface area contributed by atoms with Gasteiger partial charge in [-0.3, -0.25) is 9.59 Å². The highest BCUT2D eigenvalue weighted by atomic mass is 32.2. The van der Waals surface area contributed by atoms with E-state index >= 15 is 0 Å². The van der Waals surface area contributed by atoms with Crippen molar-refractivity contribution >= 4 is 33.0 Å². The van der Waals surface area contributed by atoms with Crippen molar-refractivity contribution in [2.24, 2.45) is 0 Å². The van der Waals surface area contributed by atoms with Crippen molar-refractivity contribution in [3.8, 4) is 0 Å². The molecule has 1 heterocycles. The van der Waals surface area contributed by atoms with Crippen molar-refractivity contribution in [3.05, 3.63) is 71.1 Å². The van der Waals surface area contributed by atoms with Crippen LogP contribution in [0.4, 0.5) is 15.8 Å². The Morgan fingerprint density at radius 1 is 1.09 bits per heavy atom. The van der Waals surface area contributed by atoms with Gasteiger partial charge in [0.05, 0.1) is 22.9 Å². The minimum absolute atomic E-state index is 0.225. The van der Waals surface area contributed by atoms with Crippen molar-refractivity contribution < 1.29 is 22.4 Å². The first-order valence-corrected chi connectivity index (χ1v) is 13.2. The molecule has 1 unspecified atom stereocenters.